The van der Waals surface area contributed by atoms with Crippen molar-refractivity contribution in [1.82, 2.24) is 4.98 Å². The van der Waals surface area contributed by atoms with Crippen LogP contribution in [0.4, 0.5) is 0 Å². The van der Waals surface area contributed by atoms with Gasteiger partial charge in [0.15, 0.2) is 0 Å². The van der Waals surface area contributed by atoms with Crippen LogP contribution in [-0.4, -0.2) is 4.98 Å². The van der Waals surface area contributed by atoms with Crippen LogP contribution in [0, 0.1) is 0 Å². The molecule has 2 heteroatoms. The van der Waals surface area contributed by atoms with Crippen LogP contribution in [0.3, 0.4) is 0 Å². The number of hydrogen-bond acceptors (Lipinski definition) is 2. The van der Waals surface area contributed by atoms with Gasteiger partial charge in [0.05, 0.1) is 0 Å². The van der Waals surface area contributed by atoms with Crippen molar-refractivity contribution in [3.05, 3.63) is 65.0 Å². The third-order valence-electron chi connectivity index (χ3n) is 3.61. The monoisotopic (exact) mass is 254 g/mol. The van der Waals surface area contributed by atoms with Crippen molar-refractivity contribution in [3.8, 4) is 0 Å². The number of rotatable bonds is 5. The average Bonchev–Trinajstić information content (AvgIpc) is 2.48. The number of aryl methyl sites for hydroxylation is 2. The van der Waals surface area contributed by atoms with Crippen LogP contribution >= 0.6 is 0 Å². The van der Waals surface area contributed by atoms with E-state index < -0.39 is 0 Å². The zero-order valence-electron chi connectivity index (χ0n) is 11.8. The highest BCUT2D eigenvalue weighted by Gasteiger charge is 2.10. The summed E-state index contributed by atoms with van der Waals surface area (Å²) in [6.45, 7) is 4.31. The molecule has 0 saturated heterocycles. The third-order valence-corrected chi connectivity index (χ3v) is 3.61. The molecule has 0 aliphatic heterocycles. The fraction of sp³-hybridized carbons (Fsp3) is 0.353. The van der Waals surface area contributed by atoms with Gasteiger partial charge in [-0.1, -0.05) is 38.1 Å². The van der Waals surface area contributed by atoms with Crippen LogP contribution < -0.4 is 5.73 Å². The average molecular weight is 254 g/mol. The first-order valence-corrected chi connectivity index (χ1v) is 7.00. The molecule has 1 heterocycles. The normalized spacial score (nSPS) is 12.4. The van der Waals surface area contributed by atoms with Gasteiger partial charge in [0.25, 0.3) is 0 Å². The topological polar surface area (TPSA) is 38.9 Å². The smallest absolute Gasteiger partial charge is 0.0339 e. The highest BCUT2D eigenvalue weighted by Crippen LogP contribution is 2.20. The van der Waals surface area contributed by atoms with Crippen molar-refractivity contribution in [2.45, 2.75) is 39.2 Å². The predicted molar refractivity (Wildman–Crippen MR) is 80.1 cm³/mol. The number of nitrogens with two attached hydrogens (primary N) is 1. The second-order valence-electron chi connectivity index (χ2n) is 4.91. The minimum atomic E-state index is 0.0467. The quantitative estimate of drug-likeness (QED) is 0.887. The lowest BCUT2D eigenvalue weighted by Crippen LogP contribution is -2.15. The first kappa shape index (κ1) is 13.8. The van der Waals surface area contributed by atoms with Gasteiger partial charge in [0.1, 0.15) is 0 Å². The molecule has 0 amide bonds. The lowest BCUT2D eigenvalue weighted by molar-refractivity contribution is 0.709. The Hall–Kier alpha value is -1.67. The highest BCUT2D eigenvalue weighted by atomic mass is 14.7. The number of hydrogen-bond donors (Lipinski definition) is 1. The largest absolute Gasteiger partial charge is 0.324 e. The summed E-state index contributed by atoms with van der Waals surface area (Å²) in [7, 11) is 0. The molecule has 2 aromatic rings. The molecule has 0 fully saturated rings. The molecule has 2 N–H and O–H groups in total. The van der Waals surface area contributed by atoms with Crippen molar-refractivity contribution < 1.29 is 0 Å². The second kappa shape index (κ2) is 6.48. The summed E-state index contributed by atoms with van der Waals surface area (Å²) < 4.78 is 0. The molecule has 0 radical (unpaired) electrons. The van der Waals surface area contributed by atoms with Crippen LogP contribution in [0.5, 0.6) is 0 Å². The van der Waals surface area contributed by atoms with Crippen LogP contribution in [0.15, 0.2) is 42.7 Å². The van der Waals surface area contributed by atoms with Crippen LogP contribution in [0.25, 0.3) is 0 Å². The first-order valence-electron chi connectivity index (χ1n) is 7.00. The highest BCUT2D eigenvalue weighted by molar-refractivity contribution is 5.30. The molecule has 1 aromatic heterocycles. The lowest BCUT2D eigenvalue weighted by Gasteiger charge is -2.15. The molecule has 0 aliphatic carbocycles. The molecule has 19 heavy (non-hydrogen) atoms. The minimum Gasteiger partial charge on any atom is -0.324 e. The zero-order chi connectivity index (χ0) is 13.7. The molecule has 1 aromatic carbocycles. The van der Waals surface area contributed by atoms with E-state index in [4.69, 9.17) is 5.73 Å². The number of benzene rings is 1. The van der Waals surface area contributed by atoms with E-state index in [0.29, 0.717) is 0 Å². The summed E-state index contributed by atoms with van der Waals surface area (Å²) in [5.74, 6) is 0. The predicted octanol–water partition coefficient (Wildman–Crippen LogP) is 3.45. The zero-order valence-corrected chi connectivity index (χ0v) is 11.8. The maximum absolute atomic E-state index is 6.35. The maximum atomic E-state index is 6.35. The number of nitrogens with zero attached hydrogens (tertiary/aromatic N) is 1. The Labute approximate surface area is 115 Å². The Morgan fingerprint density at radius 2 is 1.68 bits per heavy atom. The van der Waals surface area contributed by atoms with Gasteiger partial charge < -0.3 is 5.73 Å². The van der Waals surface area contributed by atoms with Gasteiger partial charge in [0.2, 0.25) is 0 Å². The summed E-state index contributed by atoms with van der Waals surface area (Å²) in [5, 5.41) is 0. The van der Waals surface area contributed by atoms with Crippen molar-refractivity contribution in [2.75, 3.05) is 0 Å². The minimum absolute atomic E-state index is 0.0467. The summed E-state index contributed by atoms with van der Waals surface area (Å²) >= 11 is 0. The molecular weight excluding hydrogens is 232 g/mol. The van der Waals surface area contributed by atoms with Crippen molar-refractivity contribution in [2.24, 2.45) is 5.73 Å². The Morgan fingerprint density at radius 3 is 2.32 bits per heavy atom. The molecule has 2 nitrogen and oxygen atoms in total. The van der Waals surface area contributed by atoms with Crippen LogP contribution in [0.1, 0.15) is 42.1 Å². The number of pyridine rings is 1. The van der Waals surface area contributed by atoms with Crippen LogP contribution in [-0.2, 0) is 19.3 Å². The van der Waals surface area contributed by atoms with E-state index in [2.05, 4.69) is 43.1 Å². The van der Waals surface area contributed by atoms with E-state index in [-0.39, 0.29) is 6.04 Å². The van der Waals surface area contributed by atoms with E-state index in [1.54, 1.807) is 0 Å². The van der Waals surface area contributed by atoms with Crippen molar-refractivity contribution in [3.63, 3.8) is 0 Å². The van der Waals surface area contributed by atoms with Gasteiger partial charge in [-0.3, -0.25) is 4.98 Å². The molecule has 1 unspecified atom stereocenters. The summed E-state index contributed by atoms with van der Waals surface area (Å²) in [6.07, 6.45) is 6.69. The molecule has 0 bridgehead atoms. The Bertz CT molecular complexity index is 517. The lowest BCUT2D eigenvalue weighted by atomic mass is 9.95. The summed E-state index contributed by atoms with van der Waals surface area (Å²) in [5.41, 5.74) is 11.5. The Balaban J connectivity index is 2.13. The standard InChI is InChI=1S/C17H22N2/c1-3-13-5-7-14(8-6-13)11-17(18)16-9-10-19-12-15(16)4-2/h5-10,12,17H,3-4,11,18H2,1-2H3. The van der Waals surface area contributed by atoms with E-state index >= 15 is 0 Å². The second-order valence-corrected chi connectivity index (χ2v) is 4.91. The van der Waals surface area contributed by atoms with Crippen LogP contribution in [0.2, 0.25) is 0 Å². The Kier molecular flexibility index (Phi) is 4.69. The first-order chi connectivity index (χ1) is 9.24. The van der Waals surface area contributed by atoms with Gasteiger partial charge in [-0.15, -0.1) is 0 Å². The molecular formula is C17H22N2. The van der Waals surface area contributed by atoms with E-state index in [0.717, 1.165) is 19.3 Å². The SMILES string of the molecule is CCc1ccc(CC(N)c2ccncc2CC)cc1. The van der Waals surface area contributed by atoms with Gasteiger partial charge in [-0.25, -0.2) is 0 Å². The molecule has 0 aliphatic rings. The number of aromatic nitrogens is 1. The van der Waals surface area contributed by atoms with E-state index in [9.17, 15) is 0 Å². The van der Waals surface area contributed by atoms with Gasteiger partial charge in [0, 0.05) is 18.4 Å². The van der Waals surface area contributed by atoms with Crippen molar-refractivity contribution >= 4 is 0 Å². The van der Waals surface area contributed by atoms with Crippen molar-refractivity contribution in [1.29, 1.82) is 0 Å². The molecule has 100 valence electrons. The maximum Gasteiger partial charge on any atom is 0.0339 e. The Morgan fingerprint density at radius 1 is 1.00 bits per heavy atom. The fourth-order valence-electron chi connectivity index (χ4n) is 2.37. The molecule has 0 spiro atoms. The summed E-state index contributed by atoms with van der Waals surface area (Å²) in [4.78, 5) is 4.17. The summed E-state index contributed by atoms with van der Waals surface area (Å²) in [6, 6.07) is 10.8. The third kappa shape index (κ3) is 3.42. The fourth-order valence-corrected chi connectivity index (χ4v) is 2.37. The van der Waals surface area contributed by atoms with Gasteiger partial charge in [-0.05, 0) is 47.6 Å². The molecule has 2 rings (SSSR count). The van der Waals surface area contributed by atoms with Gasteiger partial charge >= 0.3 is 0 Å². The van der Waals surface area contributed by atoms with E-state index in [1.807, 2.05) is 18.5 Å². The van der Waals surface area contributed by atoms with E-state index in [1.165, 1.54) is 22.3 Å². The molecule has 0 saturated carbocycles. The van der Waals surface area contributed by atoms with Gasteiger partial charge in [-0.2, -0.15) is 0 Å². The molecule has 1 atom stereocenters.